The SMILES string of the molecule is CCO[Si](CCC(NCCO)NCCO)(OCC)OCC. The van der Waals surface area contributed by atoms with Crippen molar-refractivity contribution in [1.82, 2.24) is 10.6 Å². The van der Waals surface area contributed by atoms with Crippen molar-refractivity contribution in [3.05, 3.63) is 0 Å². The van der Waals surface area contributed by atoms with Crippen molar-refractivity contribution in [2.24, 2.45) is 0 Å². The van der Waals surface area contributed by atoms with Crippen LogP contribution in [0, 0.1) is 0 Å². The summed E-state index contributed by atoms with van der Waals surface area (Å²) in [7, 11) is -2.64. The Labute approximate surface area is 129 Å². The highest BCUT2D eigenvalue weighted by Crippen LogP contribution is 2.19. The van der Waals surface area contributed by atoms with Crippen molar-refractivity contribution in [2.45, 2.75) is 39.4 Å². The average Bonchev–Trinajstić information content (AvgIpc) is 2.47. The lowest BCUT2D eigenvalue weighted by molar-refractivity contribution is 0.0695. The van der Waals surface area contributed by atoms with Crippen LogP contribution in [-0.4, -0.2) is 71.3 Å². The van der Waals surface area contributed by atoms with Crippen molar-refractivity contribution in [2.75, 3.05) is 46.1 Å². The van der Waals surface area contributed by atoms with Crippen molar-refractivity contribution < 1.29 is 23.5 Å². The summed E-state index contributed by atoms with van der Waals surface area (Å²) in [6.45, 7) is 8.62. The lowest BCUT2D eigenvalue weighted by atomic mass is 10.3. The second kappa shape index (κ2) is 13.6. The minimum absolute atomic E-state index is 0.0162. The first-order chi connectivity index (χ1) is 10.2. The monoisotopic (exact) mass is 324 g/mol. The molecule has 0 atom stereocenters. The smallest absolute Gasteiger partial charge is 0.395 e. The Bertz CT molecular complexity index is 212. The molecular formula is C13H32N2O5Si. The van der Waals surface area contributed by atoms with E-state index in [2.05, 4.69) is 10.6 Å². The van der Waals surface area contributed by atoms with Gasteiger partial charge in [0.2, 0.25) is 0 Å². The minimum atomic E-state index is -2.64. The minimum Gasteiger partial charge on any atom is -0.395 e. The van der Waals surface area contributed by atoms with Gasteiger partial charge in [-0.05, 0) is 27.2 Å². The van der Waals surface area contributed by atoms with Crippen LogP contribution in [0.25, 0.3) is 0 Å². The quantitative estimate of drug-likeness (QED) is 0.247. The number of aliphatic hydroxyl groups excluding tert-OH is 2. The molecule has 0 spiro atoms. The molecule has 0 aliphatic rings. The molecule has 21 heavy (non-hydrogen) atoms. The standard InChI is InChI=1S/C13H32N2O5Si/c1-4-18-21(19-5-2,20-6-3)12-7-13(14-8-10-16)15-9-11-17/h13-17H,4-12H2,1-3H3. The Balaban J connectivity index is 4.54. The lowest BCUT2D eigenvalue weighted by Gasteiger charge is -2.30. The van der Waals surface area contributed by atoms with Gasteiger partial charge in [-0.3, -0.25) is 10.6 Å². The molecule has 4 N–H and O–H groups in total. The van der Waals surface area contributed by atoms with E-state index in [0.717, 1.165) is 6.42 Å². The number of aliphatic hydroxyl groups is 2. The molecule has 0 saturated heterocycles. The molecule has 0 fully saturated rings. The van der Waals surface area contributed by atoms with E-state index in [0.29, 0.717) is 39.0 Å². The van der Waals surface area contributed by atoms with Crippen LogP contribution in [0.5, 0.6) is 0 Å². The summed E-state index contributed by atoms with van der Waals surface area (Å²) < 4.78 is 17.4. The first-order valence-corrected chi connectivity index (χ1v) is 9.71. The van der Waals surface area contributed by atoms with Gasteiger partial charge >= 0.3 is 8.80 Å². The predicted octanol–water partition coefficient (Wildman–Crippen LogP) is -0.0852. The average molecular weight is 324 g/mol. The van der Waals surface area contributed by atoms with Crippen LogP contribution < -0.4 is 10.6 Å². The zero-order valence-corrected chi connectivity index (χ0v) is 14.6. The van der Waals surface area contributed by atoms with Gasteiger partial charge in [-0.2, -0.15) is 0 Å². The van der Waals surface area contributed by atoms with Crippen LogP contribution >= 0.6 is 0 Å². The van der Waals surface area contributed by atoms with Crippen molar-refractivity contribution in [1.29, 1.82) is 0 Å². The molecule has 0 aromatic rings. The molecule has 0 heterocycles. The van der Waals surface area contributed by atoms with Crippen LogP contribution in [-0.2, 0) is 13.3 Å². The largest absolute Gasteiger partial charge is 0.501 e. The summed E-state index contributed by atoms with van der Waals surface area (Å²) in [5.74, 6) is 0. The van der Waals surface area contributed by atoms with Gasteiger partial charge in [0.1, 0.15) is 0 Å². The van der Waals surface area contributed by atoms with E-state index < -0.39 is 8.80 Å². The molecule has 0 aliphatic heterocycles. The molecule has 128 valence electrons. The fourth-order valence-electron chi connectivity index (χ4n) is 2.08. The second-order valence-corrected chi connectivity index (χ2v) is 7.16. The summed E-state index contributed by atoms with van der Waals surface area (Å²) in [6, 6.07) is 0.685. The number of nitrogens with one attached hydrogen (secondary N) is 2. The zero-order chi connectivity index (χ0) is 16.0. The summed E-state index contributed by atoms with van der Waals surface area (Å²) in [5, 5.41) is 24.2. The molecule has 0 unspecified atom stereocenters. The molecule has 0 radical (unpaired) electrons. The fourth-order valence-corrected chi connectivity index (χ4v) is 4.72. The second-order valence-electron chi connectivity index (χ2n) is 4.43. The normalized spacial score (nSPS) is 12.3. The van der Waals surface area contributed by atoms with Crippen LogP contribution in [0.15, 0.2) is 0 Å². The van der Waals surface area contributed by atoms with E-state index in [1.165, 1.54) is 0 Å². The maximum absolute atomic E-state index is 8.92. The first kappa shape index (κ1) is 20.9. The molecule has 0 bridgehead atoms. The Kier molecular flexibility index (Phi) is 13.5. The molecule has 0 saturated carbocycles. The van der Waals surface area contributed by atoms with E-state index in [-0.39, 0.29) is 19.4 Å². The molecule has 8 heteroatoms. The van der Waals surface area contributed by atoms with Gasteiger partial charge in [-0.25, -0.2) is 0 Å². The molecular weight excluding hydrogens is 292 g/mol. The van der Waals surface area contributed by atoms with Gasteiger partial charge < -0.3 is 23.5 Å². The summed E-state index contributed by atoms with van der Waals surface area (Å²) in [4.78, 5) is 0. The van der Waals surface area contributed by atoms with Gasteiger partial charge in [-0.1, -0.05) is 0 Å². The number of hydrogen-bond acceptors (Lipinski definition) is 7. The third-order valence-electron chi connectivity index (χ3n) is 2.84. The van der Waals surface area contributed by atoms with E-state index in [9.17, 15) is 0 Å². The molecule has 0 amide bonds. The fraction of sp³-hybridized carbons (Fsp3) is 1.00. The molecule has 0 aliphatic carbocycles. The molecule has 0 aromatic carbocycles. The van der Waals surface area contributed by atoms with E-state index >= 15 is 0 Å². The third kappa shape index (κ3) is 9.53. The Morgan fingerprint density at radius 2 is 1.29 bits per heavy atom. The topological polar surface area (TPSA) is 92.2 Å². The Morgan fingerprint density at radius 3 is 1.62 bits per heavy atom. The van der Waals surface area contributed by atoms with Gasteiger partial charge in [0, 0.05) is 39.0 Å². The zero-order valence-electron chi connectivity index (χ0n) is 13.6. The summed E-state index contributed by atoms with van der Waals surface area (Å²) in [5.41, 5.74) is 0. The third-order valence-corrected chi connectivity index (χ3v) is 5.92. The summed E-state index contributed by atoms with van der Waals surface area (Å²) in [6.07, 6.45) is 0.726. The highest BCUT2D eigenvalue weighted by Gasteiger charge is 2.40. The predicted molar refractivity (Wildman–Crippen MR) is 84.0 cm³/mol. The van der Waals surface area contributed by atoms with Crippen LogP contribution in [0.2, 0.25) is 6.04 Å². The summed E-state index contributed by atoms with van der Waals surface area (Å²) >= 11 is 0. The van der Waals surface area contributed by atoms with E-state index in [1.54, 1.807) is 0 Å². The Hall–Kier alpha value is -0.0631. The highest BCUT2D eigenvalue weighted by atomic mass is 28.4. The number of hydrogen-bond donors (Lipinski definition) is 4. The van der Waals surface area contributed by atoms with Gasteiger partial charge in [-0.15, -0.1) is 0 Å². The van der Waals surface area contributed by atoms with Crippen LogP contribution in [0.1, 0.15) is 27.2 Å². The molecule has 7 nitrogen and oxygen atoms in total. The number of rotatable bonds is 15. The van der Waals surface area contributed by atoms with Gasteiger partial charge in [0.15, 0.2) is 0 Å². The lowest BCUT2D eigenvalue weighted by Crippen LogP contribution is -2.50. The first-order valence-electron chi connectivity index (χ1n) is 7.78. The van der Waals surface area contributed by atoms with Crippen LogP contribution in [0.3, 0.4) is 0 Å². The Morgan fingerprint density at radius 1 is 0.857 bits per heavy atom. The highest BCUT2D eigenvalue weighted by molar-refractivity contribution is 6.60. The van der Waals surface area contributed by atoms with E-state index in [4.69, 9.17) is 23.5 Å². The van der Waals surface area contributed by atoms with Crippen molar-refractivity contribution in [3.8, 4) is 0 Å². The molecule has 0 rings (SSSR count). The van der Waals surface area contributed by atoms with Gasteiger partial charge in [0.25, 0.3) is 0 Å². The van der Waals surface area contributed by atoms with Crippen molar-refractivity contribution >= 4 is 8.80 Å². The maximum atomic E-state index is 8.92. The van der Waals surface area contributed by atoms with E-state index in [1.807, 2.05) is 20.8 Å². The van der Waals surface area contributed by atoms with Crippen molar-refractivity contribution in [3.63, 3.8) is 0 Å². The van der Waals surface area contributed by atoms with Crippen LogP contribution in [0.4, 0.5) is 0 Å². The molecule has 0 aromatic heterocycles. The van der Waals surface area contributed by atoms with Gasteiger partial charge in [0.05, 0.1) is 19.4 Å². The maximum Gasteiger partial charge on any atom is 0.501 e.